The summed E-state index contributed by atoms with van der Waals surface area (Å²) in [7, 11) is 0. The molecule has 3 N–H and O–H groups in total. The van der Waals surface area contributed by atoms with Crippen LogP contribution < -0.4 is 11.1 Å². The minimum Gasteiger partial charge on any atom is -0.330 e. The van der Waals surface area contributed by atoms with E-state index in [2.05, 4.69) is 10.3 Å². The average molecular weight is 283 g/mol. The molecular formula is C17H21N3O. The zero-order chi connectivity index (χ0) is 14.9. The molecule has 21 heavy (non-hydrogen) atoms. The molecule has 0 aliphatic heterocycles. The van der Waals surface area contributed by atoms with Gasteiger partial charge in [-0.2, -0.15) is 0 Å². The summed E-state index contributed by atoms with van der Waals surface area (Å²) in [6, 6.07) is 9.86. The Kier molecular flexibility index (Phi) is 3.64. The van der Waals surface area contributed by atoms with Crippen LogP contribution in [0.25, 0.3) is 10.9 Å². The number of hydrogen-bond donors (Lipinski definition) is 2. The van der Waals surface area contributed by atoms with Crippen LogP contribution in [-0.4, -0.2) is 17.4 Å². The lowest BCUT2D eigenvalue weighted by Crippen LogP contribution is -2.40. The number of benzene rings is 1. The Morgan fingerprint density at radius 2 is 2.14 bits per heavy atom. The Hall–Kier alpha value is -1.94. The van der Waals surface area contributed by atoms with E-state index in [1.807, 2.05) is 37.3 Å². The monoisotopic (exact) mass is 283 g/mol. The van der Waals surface area contributed by atoms with Gasteiger partial charge in [0.25, 0.3) is 0 Å². The van der Waals surface area contributed by atoms with Crippen molar-refractivity contribution < 1.29 is 4.79 Å². The summed E-state index contributed by atoms with van der Waals surface area (Å²) in [6.07, 6.45) is 3.80. The Balaban J connectivity index is 1.81. The summed E-state index contributed by atoms with van der Waals surface area (Å²) in [4.78, 5) is 16.9. The number of pyridine rings is 1. The maximum atomic E-state index is 12.3. The predicted molar refractivity (Wildman–Crippen MR) is 85.1 cm³/mol. The fraction of sp³-hybridized carbons (Fsp3) is 0.412. The first-order valence-electron chi connectivity index (χ1n) is 7.48. The number of anilines is 1. The Morgan fingerprint density at radius 3 is 2.81 bits per heavy atom. The summed E-state index contributed by atoms with van der Waals surface area (Å²) in [6.45, 7) is 2.54. The number of aromatic nitrogens is 1. The van der Waals surface area contributed by atoms with Gasteiger partial charge in [-0.25, -0.2) is 0 Å². The van der Waals surface area contributed by atoms with Crippen LogP contribution in [0.2, 0.25) is 0 Å². The number of fused-ring (bicyclic) bond motifs is 1. The maximum absolute atomic E-state index is 12.3. The normalized spacial score (nSPS) is 16.5. The van der Waals surface area contributed by atoms with Gasteiger partial charge in [0, 0.05) is 17.5 Å². The molecule has 1 aromatic heterocycles. The van der Waals surface area contributed by atoms with E-state index in [0.717, 1.165) is 35.1 Å². The zero-order valence-corrected chi connectivity index (χ0v) is 12.4. The summed E-state index contributed by atoms with van der Waals surface area (Å²) in [5.74, 6) is 0.0379. The Morgan fingerprint density at radius 1 is 1.33 bits per heavy atom. The predicted octanol–water partition coefficient (Wildman–Crippen LogP) is 3.00. The molecule has 4 heteroatoms. The second-order valence-electron chi connectivity index (χ2n) is 6.11. The molecule has 1 aliphatic rings. The van der Waals surface area contributed by atoms with Crippen LogP contribution in [0.4, 0.5) is 5.69 Å². The smallest absolute Gasteiger partial charge is 0.225 e. The van der Waals surface area contributed by atoms with E-state index in [1.165, 1.54) is 6.42 Å². The first kappa shape index (κ1) is 14.0. The van der Waals surface area contributed by atoms with E-state index in [9.17, 15) is 4.79 Å². The van der Waals surface area contributed by atoms with Crippen LogP contribution >= 0.6 is 0 Å². The summed E-state index contributed by atoms with van der Waals surface area (Å²) < 4.78 is 0. The molecule has 0 bridgehead atoms. The van der Waals surface area contributed by atoms with Crippen molar-refractivity contribution in [3.05, 3.63) is 36.0 Å². The highest BCUT2D eigenvalue weighted by Crippen LogP contribution is 2.43. The van der Waals surface area contributed by atoms with E-state index < -0.39 is 0 Å². The van der Waals surface area contributed by atoms with Crippen molar-refractivity contribution in [2.45, 2.75) is 32.6 Å². The average Bonchev–Trinajstić information content (AvgIpc) is 2.43. The summed E-state index contributed by atoms with van der Waals surface area (Å²) in [5, 5.41) is 4.05. The molecule has 110 valence electrons. The molecule has 0 radical (unpaired) electrons. The molecule has 1 fully saturated rings. The van der Waals surface area contributed by atoms with Crippen molar-refractivity contribution in [2.24, 2.45) is 11.1 Å². The van der Waals surface area contributed by atoms with Crippen molar-refractivity contribution in [2.75, 3.05) is 11.9 Å². The minimum atomic E-state index is 0.0258. The number of nitrogens with two attached hydrogens (primary N) is 1. The van der Waals surface area contributed by atoms with Crippen molar-refractivity contribution in [3.8, 4) is 0 Å². The highest BCUT2D eigenvalue weighted by Gasteiger charge is 2.37. The van der Waals surface area contributed by atoms with Gasteiger partial charge in [-0.3, -0.25) is 9.78 Å². The van der Waals surface area contributed by atoms with Crippen LogP contribution in [-0.2, 0) is 4.79 Å². The van der Waals surface area contributed by atoms with Gasteiger partial charge in [-0.1, -0.05) is 24.6 Å². The van der Waals surface area contributed by atoms with Crippen LogP contribution in [0.1, 0.15) is 31.4 Å². The first-order valence-corrected chi connectivity index (χ1v) is 7.48. The molecule has 3 rings (SSSR count). The highest BCUT2D eigenvalue weighted by atomic mass is 16.1. The molecule has 1 amide bonds. The lowest BCUT2D eigenvalue weighted by Gasteiger charge is -2.40. The van der Waals surface area contributed by atoms with Crippen LogP contribution in [0.3, 0.4) is 0 Å². The quantitative estimate of drug-likeness (QED) is 0.906. The van der Waals surface area contributed by atoms with Gasteiger partial charge in [-0.05, 0) is 43.9 Å². The van der Waals surface area contributed by atoms with E-state index >= 15 is 0 Å². The molecule has 0 atom stereocenters. The lowest BCUT2D eigenvalue weighted by atomic mass is 9.66. The molecular weight excluding hydrogens is 262 g/mol. The molecule has 1 heterocycles. The molecule has 1 aliphatic carbocycles. The number of rotatable bonds is 4. The zero-order valence-electron chi connectivity index (χ0n) is 12.4. The van der Waals surface area contributed by atoms with E-state index in [-0.39, 0.29) is 11.3 Å². The van der Waals surface area contributed by atoms with Gasteiger partial charge in [0.2, 0.25) is 5.91 Å². The topological polar surface area (TPSA) is 68.0 Å². The third kappa shape index (κ3) is 2.76. The molecule has 2 aromatic rings. The first-order chi connectivity index (χ1) is 10.1. The van der Waals surface area contributed by atoms with Gasteiger partial charge < -0.3 is 11.1 Å². The molecule has 1 aromatic carbocycles. The van der Waals surface area contributed by atoms with Gasteiger partial charge in [0.05, 0.1) is 11.2 Å². The molecule has 1 saturated carbocycles. The number of nitrogens with one attached hydrogen (secondary N) is 1. The number of hydrogen-bond acceptors (Lipinski definition) is 3. The third-order valence-electron chi connectivity index (χ3n) is 4.52. The number of nitrogens with zero attached hydrogens (tertiary/aromatic N) is 1. The number of para-hydroxylation sites is 1. The molecule has 4 nitrogen and oxygen atoms in total. The second kappa shape index (κ2) is 5.45. The van der Waals surface area contributed by atoms with Gasteiger partial charge in [-0.15, -0.1) is 0 Å². The van der Waals surface area contributed by atoms with Crippen LogP contribution in [0.15, 0.2) is 30.3 Å². The standard InChI is InChI=1S/C17H21N3O/c1-12-6-7-13-4-2-5-14(16(13)19-12)20-15(21)10-17(11-18)8-3-9-17/h2,4-7H,3,8-11,18H2,1H3,(H,20,21). The minimum absolute atomic E-state index is 0.0258. The van der Waals surface area contributed by atoms with Crippen LogP contribution in [0, 0.1) is 12.3 Å². The number of amides is 1. The third-order valence-corrected chi connectivity index (χ3v) is 4.52. The molecule has 0 spiro atoms. The van der Waals surface area contributed by atoms with Gasteiger partial charge in [0.15, 0.2) is 0 Å². The van der Waals surface area contributed by atoms with E-state index in [1.54, 1.807) is 0 Å². The Bertz CT molecular complexity index is 671. The fourth-order valence-electron chi connectivity index (χ4n) is 3.01. The van der Waals surface area contributed by atoms with Crippen molar-refractivity contribution in [3.63, 3.8) is 0 Å². The maximum Gasteiger partial charge on any atom is 0.225 e. The number of carbonyl (C=O) groups excluding carboxylic acids is 1. The van der Waals surface area contributed by atoms with Gasteiger partial charge >= 0.3 is 0 Å². The SMILES string of the molecule is Cc1ccc2cccc(NC(=O)CC3(CN)CCC3)c2n1. The van der Waals surface area contributed by atoms with Crippen molar-refractivity contribution in [1.82, 2.24) is 4.98 Å². The van der Waals surface area contributed by atoms with Crippen molar-refractivity contribution >= 4 is 22.5 Å². The fourth-order valence-corrected chi connectivity index (χ4v) is 3.01. The van der Waals surface area contributed by atoms with Gasteiger partial charge in [0.1, 0.15) is 0 Å². The second-order valence-corrected chi connectivity index (χ2v) is 6.11. The number of carbonyl (C=O) groups is 1. The lowest BCUT2D eigenvalue weighted by molar-refractivity contribution is -0.119. The molecule has 0 saturated heterocycles. The van der Waals surface area contributed by atoms with Crippen LogP contribution in [0.5, 0.6) is 0 Å². The van der Waals surface area contributed by atoms with E-state index in [0.29, 0.717) is 13.0 Å². The summed E-state index contributed by atoms with van der Waals surface area (Å²) in [5.41, 5.74) is 8.43. The summed E-state index contributed by atoms with van der Waals surface area (Å²) >= 11 is 0. The Labute approximate surface area is 124 Å². The highest BCUT2D eigenvalue weighted by molar-refractivity contribution is 6.00. The molecule has 0 unspecified atom stereocenters. The van der Waals surface area contributed by atoms with E-state index in [4.69, 9.17) is 5.73 Å². The number of aryl methyl sites for hydroxylation is 1. The largest absolute Gasteiger partial charge is 0.330 e. The van der Waals surface area contributed by atoms with Crippen molar-refractivity contribution in [1.29, 1.82) is 0 Å².